The molecule has 3 unspecified atom stereocenters. The first-order valence-electron chi connectivity index (χ1n) is 9.05. The van der Waals surface area contributed by atoms with Crippen LogP contribution in [0.5, 0.6) is 0 Å². The van der Waals surface area contributed by atoms with E-state index in [0.29, 0.717) is 26.0 Å². The lowest BCUT2D eigenvalue weighted by molar-refractivity contribution is -0.167. The topological polar surface area (TPSA) is 194 Å². The van der Waals surface area contributed by atoms with E-state index in [1.54, 1.807) is 6.92 Å². The average Bonchev–Trinajstić information content (AvgIpc) is 2.55. The summed E-state index contributed by atoms with van der Waals surface area (Å²) in [7, 11) is 0. The van der Waals surface area contributed by atoms with Gasteiger partial charge < -0.3 is 37.3 Å². The van der Waals surface area contributed by atoms with Gasteiger partial charge in [0.15, 0.2) is 11.6 Å². The van der Waals surface area contributed by atoms with Crippen molar-refractivity contribution in [3.05, 3.63) is 0 Å². The highest BCUT2D eigenvalue weighted by Crippen LogP contribution is 2.19. The zero-order valence-electron chi connectivity index (χ0n) is 16.6. The van der Waals surface area contributed by atoms with Crippen molar-refractivity contribution in [3.63, 3.8) is 0 Å². The largest absolute Gasteiger partial charge is 0.480 e. The molecule has 0 spiro atoms. The number of carboxylic acids is 2. The number of carbonyl (C=O) groups is 2. The van der Waals surface area contributed by atoms with Crippen LogP contribution in [0.25, 0.3) is 0 Å². The Hall–Kier alpha value is -1.91. The van der Waals surface area contributed by atoms with Crippen molar-refractivity contribution in [1.82, 2.24) is 0 Å². The van der Waals surface area contributed by atoms with Gasteiger partial charge in [0.2, 0.25) is 0 Å². The molecule has 0 fully saturated rings. The highest BCUT2D eigenvalue weighted by Gasteiger charge is 2.35. The highest BCUT2D eigenvalue weighted by atomic mass is 16.5. The molecule has 0 radical (unpaired) electrons. The Morgan fingerprint density at radius 2 is 1.78 bits per heavy atom. The second-order valence-electron chi connectivity index (χ2n) is 6.54. The van der Waals surface area contributed by atoms with Crippen LogP contribution in [-0.2, 0) is 14.3 Å². The van der Waals surface area contributed by atoms with Crippen molar-refractivity contribution in [1.29, 1.82) is 0 Å². The standard InChI is InChI=1S/C11H22O4.C6H14N4O2/c1-4-5-6-7-15-11(3,10(13)14)8-9(2)12;7-4(5(11)12)2-1-3-10-6(8)9/h9,12H,4-8H2,1-3H3,(H,13,14);4H,1-3,7H2,(H,11,12)(H4,8,9,10). The Morgan fingerprint density at radius 3 is 2.19 bits per heavy atom. The Kier molecular flexibility index (Phi) is 15.4. The van der Waals surface area contributed by atoms with Gasteiger partial charge in [-0.05, 0) is 33.1 Å². The van der Waals surface area contributed by atoms with E-state index in [0.717, 1.165) is 19.3 Å². The van der Waals surface area contributed by atoms with E-state index in [1.807, 2.05) is 0 Å². The second-order valence-corrected chi connectivity index (χ2v) is 6.54. The van der Waals surface area contributed by atoms with E-state index in [4.69, 9.17) is 32.2 Å². The summed E-state index contributed by atoms with van der Waals surface area (Å²) in [6.45, 7) is 6.00. The number of aliphatic hydroxyl groups is 1. The maximum Gasteiger partial charge on any atom is 0.335 e. The van der Waals surface area contributed by atoms with Gasteiger partial charge in [-0.2, -0.15) is 0 Å². The van der Waals surface area contributed by atoms with Gasteiger partial charge in [0.1, 0.15) is 6.04 Å². The third-order valence-corrected chi connectivity index (χ3v) is 3.59. The van der Waals surface area contributed by atoms with Gasteiger partial charge >= 0.3 is 11.9 Å². The number of aliphatic imine (C=N–C) groups is 1. The lowest BCUT2D eigenvalue weighted by atomic mass is 9.99. The Labute approximate surface area is 160 Å². The summed E-state index contributed by atoms with van der Waals surface area (Å²) in [6.07, 6.45) is 3.37. The van der Waals surface area contributed by atoms with Crippen LogP contribution in [0.15, 0.2) is 4.99 Å². The maximum atomic E-state index is 11.0. The minimum atomic E-state index is -1.26. The third kappa shape index (κ3) is 16.0. The van der Waals surface area contributed by atoms with Crippen LogP contribution in [0.3, 0.4) is 0 Å². The number of aliphatic carboxylic acids is 2. The molecule has 10 heteroatoms. The number of nitrogens with zero attached hydrogens (tertiary/aromatic N) is 1. The summed E-state index contributed by atoms with van der Waals surface area (Å²) in [6, 6.07) is -0.820. The number of ether oxygens (including phenoxy) is 1. The smallest absolute Gasteiger partial charge is 0.335 e. The van der Waals surface area contributed by atoms with E-state index in [2.05, 4.69) is 11.9 Å². The molecule has 0 aliphatic heterocycles. The Bertz CT molecular complexity index is 455. The van der Waals surface area contributed by atoms with Gasteiger partial charge in [0.05, 0.1) is 6.10 Å². The zero-order chi connectivity index (χ0) is 21.5. The van der Waals surface area contributed by atoms with Gasteiger partial charge in [0.25, 0.3) is 0 Å². The van der Waals surface area contributed by atoms with Crippen molar-refractivity contribution in [2.24, 2.45) is 22.2 Å². The summed E-state index contributed by atoms with van der Waals surface area (Å²) in [5, 5.41) is 26.6. The number of hydrogen-bond acceptors (Lipinski definition) is 6. The molecular weight excluding hydrogens is 356 g/mol. The van der Waals surface area contributed by atoms with E-state index >= 15 is 0 Å². The molecule has 0 amide bonds. The van der Waals surface area contributed by atoms with Crippen LogP contribution in [0, 0.1) is 0 Å². The monoisotopic (exact) mass is 392 g/mol. The van der Waals surface area contributed by atoms with Crippen LogP contribution in [0.4, 0.5) is 0 Å². The summed E-state index contributed by atoms with van der Waals surface area (Å²) < 4.78 is 5.34. The summed E-state index contributed by atoms with van der Waals surface area (Å²) in [5.41, 5.74) is 14.1. The lowest BCUT2D eigenvalue weighted by Crippen LogP contribution is -2.41. The molecule has 0 rings (SSSR count). The number of aliphatic hydroxyl groups excluding tert-OH is 1. The van der Waals surface area contributed by atoms with Crippen molar-refractivity contribution in [2.45, 2.75) is 77.0 Å². The molecule has 0 aromatic rings. The number of guanidine groups is 1. The van der Waals surface area contributed by atoms with Crippen LogP contribution in [0.1, 0.15) is 59.3 Å². The normalized spacial score (nSPS) is 14.9. The van der Waals surface area contributed by atoms with E-state index < -0.39 is 29.7 Å². The van der Waals surface area contributed by atoms with Crippen LogP contribution < -0.4 is 17.2 Å². The van der Waals surface area contributed by atoms with Gasteiger partial charge in [-0.3, -0.25) is 9.79 Å². The quantitative estimate of drug-likeness (QED) is 0.145. The molecule has 0 aliphatic rings. The maximum absolute atomic E-state index is 11.0. The first kappa shape index (κ1) is 27.3. The number of carboxylic acid groups (broad SMARTS) is 2. The van der Waals surface area contributed by atoms with E-state index in [-0.39, 0.29) is 12.4 Å². The molecular formula is C17H36N4O6. The van der Waals surface area contributed by atoms with Crippen molar-refractivity contribution >= 4 is 17.9 Å². The van der Waals surface area contributed by atoms with E-state index in [9.17, 15) is 14.7 Å². The summed E-state index contributed by atoms with van der Waals surface area (Å²) in [5.74, 6) is -2.00. The molecule has 0 bridgehead atoms. The van der Waals surface area contributed by atoms with Gasteiger partial charge in [-0.25, -0.2) is 4.79 Å². The predicted octanol–water partition coefficient (Wildman–Crippen LogP) is 0.259. The third-order valence-electron chi connectivity index (χ3n) is 3.59. The molecule has 0 aromatic heterocycles. The molecule has 10 nitrogen and oxygen atoms in total. The minimum Gasteiger partial charge on any atom is -0.480 e. The number of rotatable bonds is 13. The van der Waals surface area contributed by atoms with Crippen molar-refractivity contribution < 1.29 is 29.6 Å². The van der Waals surface area contributed by atoms with Crippen LogP contribution >= 0.6 is 0 Å². The molecule has 0 saturated carbocycles. The van der Waals surface area contributed by atoms with Gasteiger partial charge in [0, 0.05) is 19.6 Å². The number of nitrogens with two attached hydrogens (primary N) is 3. The molecule has 0 saturated heterocycles. The molecule has 0 aliphatic carbocycles. The summed E-state index contributed by atoms with van der Waals surface area (Å²) >= 11 is 0. The molecule has 27 heavy (non-hydrogen) atoms. The SMILES string of the molecule is CCCCCOC(C)(CC(C)O)C(=O)O.NC(N)=NCCCC(N)C(=O)O. The predicted molar refractivity (Wildman–Crippen MR) is 103 cm³/mol. The minimum absolute atomic E-state index is 0.0129. The molecule has 160 valence electrons. The van der Waals surface area contributed by atoms with Crippen molar-refractivity contribution in [2.75, 3.05) is 13.2 Å². The Morgan fingerprint density at radius 1 is 1.19 bits per heavy atom. The van der Waals surface area contributed by atoms with Crippen LogP contribution in [-0.4, -0.2) is 64.1 Å². The molecule has 3 atom stereocenters. The van der Waals surface area contributed by atoms with E-state index in [1.165, 1.54) is 6.92 Å². The summed E-state index contributed by atoms with van der Waals surface area (Å²) in [4.78, 5) is 24.9. The average molecular weight is 392 g/mol. The van der Waals surface area contributed by atoms with Gasteiger partial charge in [-0.15, -0.1) is 0 Å². The fourth-order valence-electron chi connectivity index (χ4n) is 2.06. The first-order chi connectivity index (χ1) is 12.5. The fourth-order valence-corrected chi connectivity index (χ4v) is 2.06. The molecule has 9 N–H and O–H groups in total. The fraction of sp³-hybridized carbons (Fsp3) is 0.824. The Balaban J connectivity index is 0. The van der Waals surface area contributed by atoms with Gasteiger partial charge in [-0.1, -0.05) is 19.8 Å². The number of hydrogen-bond donors (Lipinski definition) is 6. The van der Waals surface area contributed by atoms with Crippen LogP contribution in [0.2, 0.25) is 0 Å². The first-order valence-corrected chi connectivity index (χ1v) is 9.05. The molecule has 0 heterocycles. The zero-order valence-corrected chi connectivity index (χ0v) is 16.6. The van der Waals surface area contributed by atoms with Crippen molar-refractivity contribution in [3.8, 4) is 0 Å². The highest BCUT2D eigenvalue weighted by molar-refractivity contribution is 5.77. The lowest BCUT2D eigenvalue weighted by Gasteiger charge is -2.26. The molecule has 0 aromatic carbocycles. The number of unbranched alkanes of at least 4 members (excludes halogenated alkanes) is 2. The second kappa shape index (κ2) is 15.2.